The van der Waals surface area contributed by atoms with E-state index in [4.69, 9.17) is 4.74 Å². The normalized spacial score (nSPS) is 9.53. The van der Waals surface area contributed by atoms with Crippen molar-refractivity contribution in [2.75, 3.05) is 6.61 Å². The summed E-state index contributed by atoms with van der Waals surface area (Å²) in [6.45, 7) is 3.89. The van der Waals surface area contributed by atoms with Crippen molar-refractivity contribution in [1.82, 2.24) is 0 Å². The van der Waals surface area contributed by atoms with Gasteiger partial charge in [0.25, 0.3) is 0 Å². The highest BCUT2D eigenvalue weighted by Gasteiger charge is 2.03. The van der Waals surface area contributed by atoms with Gasteiger partial charge in [-0.3, -0.25) is 0 Å². The smallest absolute Gasteiger partial charge is 0.129 e. The molecule has 0 fully saturated rings. The summed E-state index contributed by atoms with van der Waals surface area (Å²) in [5.41, 5.74) is 0.794. The third-order valence-electron chi connectivity index (χ3n) is 1.60. The van der Waals surface area contributed by atoms with E-state index < -0.39 is 0 Å². The second kappa shape index (κ2) is 6.08. The summed E-state index contributed by atoms with van der Waals surface area (Å²) in [6.07, 6.45) is 3.40. The highest BCUT2D eigenvalue weighted by atomic mass is 79.9. The Hall–Kier alpha value is -0.610. The highest BCUT2D eigenvalue weighted by Crippen LogP contribution is 2.26. The molecule has 0 bridgehead atoms. The maximum atomic E-state index is 13.0. The lowest BCUT2D eigenvalue weighted by molar-refractivity contribution is 0.360. The van der Waals surface area contributed by atoms with Crippen LogP contribution in [0.25, 0.3) is 6.08 Å². The summed E-state index contributed by atoms with van der Waals surface area (Å²) in [5.74, 6) is 0.170. The van der Waals surface area contributed by atoms with Crippen molar-refractivity contribution in [3.05, 3.63) is 45.6 Å². The van der Waals surface area contributed by atoms with Crippen LogP contribution in [0.4, 0.5) is 4.39 Å². The van der Waals surface area contributed by atoms with Crippen LogP contribution < -0.4 is 4.74 Å². The number of hydrogen-bond donors (Lipinski definition) is 0. The molecule has 0 radical (unpaired) electrons. The first-order valence-corrected chi connectivity index (χ1v) is 5.78. The largest absolute Gasteiger partial charge is 0.489 e. The molecular weight excluding hydrogens is 327 g/mol. The summed E-state index contributed by atoms with van der Waals surface area (Å²) in [6, 6.07) is 4.38. The van der Waals surface area contributed by atoms with Gasteiger partial charge >= 0.3 is 0 Å². The summed E-state index contributed by atoms with van der Waals surface area (Å²) in [5, 5.41) is 0. The fraction of sp³-hybridized carbons (Fsp3) is 0.0909. The lowest BCUT2D eigenvalue weighted by Gasteiger charge is -2.07. The maximum Gasteiger partial charge on any atom is 0.129 e. The van der Waals surface area contributed by atoms with Gasteiger partial charge in [-0.2, -0.15) is 0 Å². The fourth-order valence-electron chi connectivity index (χ4n) is 1.02. The van der Waals surface area contributed by atoms with Gasteiger partial charge in [-0.1, -0.05) is 12.7 Å². The topological polar surface area (TPSA) is 9.23 Å². The number of benzene rings is 1. The van der Waals surface area contributed by atoms with E-state index in [1.807, 2.05) is 0 Å². The quantitative estimate of drug-likeness (QED) is 0.737. The molecule has 0 unspecified atom stereocenters. The molecule has 0 aliphatic carbocycles. The second-order valence-electron chi connectivity index (χ2n) is 2.72. The van der Waals surface area contributed by atoms with Crippen LogP contribution >= 0.6 is 31.9 Å². The molecule has 0 spiro atoms. The van der Waals surface area contributed by atoms with Crippen molar-refractivity contribution in [3.8, 4) is 5.75 Å². The zero-order valence-corrected chi connectivity index (χ0v) is 11.0. The van der Waals surface area contributed by atoms with Crippen molar-refractivity contribution in [2.45, 2.75) is 0 Å². The van der Waals surface area contributed by atoms with E-state index in [0.29, 0.717) is 12.4 Å². The Kier molecular flexibility index (Phi) is 5.05. The minimum atomic E-state index is -0.322. The SMILES string of the molecule is C=CCOc1cc(F)ccc1C=C(Br)Br. The molecule has 0 aliphatic heterocycles. The lowest BCUT2D eigenvalue weighted by atomic mass is 10.2. The lowest BCUT2D eigenvalue weighted by Crippen LogP contribution is -1.95. The summed E-state index contributed by atoms with van der Waals surface area (Å²) < 4.78 is 19.1. The van der Waals surface area contributed by atoms with E-state index in [1.165, 1.54) is 12.1 Å². The van der Waals surface area contributed by atoms with Gasteiger partial charge in [0.05, 0.1) is 3.39 Å². The van der Waals surface area contributed by atoms with Crippen molar-refractivity contribution in [1.29, 1.82) is 0 Å². The van der Waals surface area contributed by atoms with Crippen LogP contribution in [0, 0.1) is 5.82 Å². The van der Waals surface area contributed by atoms with Gasteiger partial charge < -0.3 is 4.74 Å². The second-order valence-corrected chi connectivity index (χ2v) is 5.49. The van der Waals surface area contributed by atoms with E-state index in [-0.39, 0.29) is 5.82 Å². The van der Waals surface area contributed by atoms with Crippen LogP contribution in [-0.4, -0.2) is 6.61 Å². The Morgan fingerprint density at radius 2 is 2.20 bits per heavy atom. The molecule has 0 heterocycles. The standard InChI is InChI=1S/C11H9Br2FO/c1-2-5-15-10-7-9(14)4-3-8(10)6-11(12)13/h2-4,6-7H,1,5H2. The van der Waals surface area contributed by atoms with Crippen molar-refractivity contribution >= 4 is 37.9 Å². The Bertz CT molecular complexity index is 384. The van der Waals surface area contributed by atoms with E-state index in [9.17, 15) is 4.39 Å². The molecule has 0 saturated heterocycles. The summed E-state index contributed by atoms with van der Waals surface area (Å²) in [7, 11) is 0. The molecule has 1 nitrogen and oxygen atoms in total. The minimum Gasteiger partial charge on any atom is -0.489 e. The van der Waals surface area contributed by atoms with E-state index >= 15 is 0 Å². The Labute approximate surface area is 105 Å². The van der Waals surface area contributed by atoms with Gasteiger partial charge in [-0.25, -0.2) is 4.39 Å². The predicted octanol–water partition coefficient (Wildman–Crippen LogP) is 4.48. The molecule has 0 atom stereocenters. The Morgan fingerprint density at radius 3 is 2.80 bits per heavy atom. The molecule has 1 rings (SSSR count). The van der Waals surface area contributed by atoms with Gasteiger partial charge in [-0.15, -0.1) is 0 Å². The number of hydrogen-bond acceptors (Lipinski definition) is 1. The van der Waals surface area contributed by atoms with Crippen LogP contribution in [0.2, 0.25) is 0 Å². The molecule has 15 heavy (non-hydrogen) atoms. The average Bonchev–Trinajstić information content (AvgIpc) is 2.18. The van der Waals surface area contributed by atoms with Crippen LogP contribution in [-0.2, 0) is 0 Å². The zero-order chi connectivity index (χ0) is 11.3. The monoisotopic (exact) mass is 334 g/mol. The van der Waals surface area contributed by atoms with Gasteiger partial charge in [0, 0.05) is 11.6 Å². The summed E-state index contributed by atoms with van der Waals surface area (Å²) >= 11 is 6.48. The number of ether oxygens (including phenoxy) is 1. The van der Waals surface area contributed by atoms with Gasteiger partial charge in [-0.05, 0) is 50.1 Å². The summed E-state index contributed by atoms with van der Waals surface area (Å²) in [4.78, 5) is 0. The third kappa shape index (κ3) is 4.18. The van der Waals surface area contributed by atoms with E-state index in [1.54, 1.807) is 18.2 Å². The van der Waals surface area contributed by atoms with Crippen LogP contribution in [0.3, 0.4) is 0 Å². The van der Waals surface area contributed by atoms with Gasteiger partial charge in [0.1, 0.15) is 18.2 Å². The fourth-order valence-corrected chi connectivity index (χ4v) is 1.51. The molecule has 1 aromatic rings. The molecule has 0 saturated carbocycles. The van der Waals surface area contributed by atoms with E-state index in [2.05, 4.69) is 38.4 Å². The first kappa shape index (κ1) is 12.5. The highest BCUT2D eigenvalue weighted by molar-refractivity contribution is 9.28. The molecule has 0 aliphatic rings. The number of halogens is 3. The maximum absolute atomic E-state index is 13.0. The zero-order valence-electron chi connectivity index (χ0n) is 7.84. The van der Waals surface area contributed by atoms with Crippen molar-refractivity contribution in [3.63, 3.8) is 0 Å². The molecule has 80 valence electrons. The van der Waals surface area contributed by atoms with Gasteiger partial charge in [0.15, 0.2) is 0 Å². The predicted molar refractivity (Wildman–Crippen MR) is 67.9 cm³/mol. The first-order valence-electron chi connectivity index (χ1n) is 4.19. The molecular formula is C11H9Br2FO. The molecule has 1 aromatic carbocycles. The number of rotatable bonds is 4. The van der Waals surface area contributed by atoms with Gasteiger partial charge in [0.2, 0.25) is 0 Å². The molecule has 0 amide bonds. The van der Waals surface area contributed by atoms with Crippen LogP contribution in [0.15, 0.2) is 34.2 Å². The van der Waals surface area contributed by atoms with Crippen LogP contribution in [0.5, 0.6) is 5.75 Å². The van der Waals surface area contributed by atoms with Crippen LogP contribution in [0.1, 0.15) is 5.56 Å². The third-order valence-corrected chi connectivity index (χ3v) is 2.05. The van der Waals surface area contributed by atoms with Crippen molar-refractivity contribution < 1.29 is 9.13 Å². The minimum absolute atomic E-state index is 0.322. The first-order chi connectivity index (χ1) is 7.13. The van der Waals surface area contributed by atoms with E-state index in [0.717, 1.165) is 8.96 Å². The molecule has 0 aromatic heterocycles. The Balaban J connectivity index is 3.02. The molecule has 0 N–H and O–H groups in total. The van der Waals surface area contributed by atoms with Crippen molar-refractivity contribution in [2.24, 2.45) is 0 Å². The average molecular weight is 336 g/mol. The molecule has 4 heteroatoms. The Morgan fingerprint density at radius 1 is 1.47 bits per heavy atom.